The summed E-state index contributed by atoms with van der Waals surface area (Å²) in [6, 6.07) is 0.381. The first-order valence-electron chi connectivity index (χ1n) is 5.64. The number of nitrogens with one attached hydrogen (secondary N) is 1. The summed E-state index contributed by atoms with van der Waals surface area (Å²) >= 11 is 1.76. The Bertz CT molecular complexity index is 299. The summed E-state index contributed by atoms with van der Waals surface area (Å²) in [6.45, 7) is 12.0. The van der Waals surface area contributed by atoms with Crippen LogP contribution >= 0.6 is 11.3 Å². The Balaban J connectivity index is 2.67. The van der Waals surface area contributed by atoms with E-state index in [1.807, 2.05) is 0 Å². The second-order valence-electron chi connectivity index (χ2n) is 5.00. The van der Waals surface area contributed by atoms with Crippen molar-refractivity contribution in [2.24, 2.45) is 0 Å². The molecule has 0 fully saturated rings. The third-order valence-electron chi connectivity index (χ3n) is 2.36. The minimum absolute atomic E-state index is 0.166. The lowest BCUT2D eigenvalue weighted by molar-refractivity contribution is 0.546. The quantitative estimate of drug-likeness (QED) is 0.850. The second kappa shape index (κ2) is 5.08. The molecule has 86 valence electrons. The van der Waals surface area contributed by atoms with E-state index < -0.39 is 0 Å². The lowest BCUT2D eigenvalue weighted by atomic mass is 9.93. The fourth-order valence-corrected chi connectivity index (χ4v) is 2.36. The van der Waals surface area contributed by atoms with Gasteiger partial charge in [-0.15, -0.1) is 11.3 Å². The molecule has 0 aliphatic heterocycles. The van der Waals surface area contributed by atoms with Crippen molar-refractivity contribution in [2.45, 2.75) is 52.5 Å². The molecule has 0 spiro atoms. The maximum absolute atomic E-state index is 4.69. The van der Waals surface area contributed by atoms with Crippen molar-refractivity contribution in [2.75, 3.05) is 6.54 Å². The van der Waals surface area contributed by atoms with Gasteiger partial charge >= 0.3 is 0 Å². The third kappa shape index (κ3) is 3.58. The zero-order valence-electron chi connectivity index (χ0n) is 10.4. The predicted octanol–water partition coefficient (Wildman–Crippen LogP) is 3.50. The Hall–Kier alpha value is -0.410. The van der Waals surface area contributed by atoms with Gasteiger partial charge < -0.3 is 5.32 Å². The van der Waals surface area contributed by atoms with Crippen molar-refractivity contribution < 1.29 is 0 Å². The zero-order valence-corrected chi connectivity index (χ0v) is 11.2. The molecule has 1 aromatic heterocycles. The van der Waals surface area contributed by atoms with E-state index in [9.17, 15) is 0 Å². The van der Waals surface area contributed by atoms with Crippen LogP contribution in [-0.4, -0.2) is 11.5 Å². The molecular weight excluding hydrogens is 204 g/mol. The number of hydrogen-bond acceptors (Lipinski definition) is 3. The fraction of sp³-hybridized carbons (Fsp3) is 0.750. The molecule has 0 bridgehead atoms. The summed E-state index contributed by atoms with van der Waals surface area (Å²) in [7, 11) is 0. The molecular formula is C12H22N2S. The molecule has 1 unspecified atom stereocenters. The summed E-state index contributed by atoms with van der Waals surface area (Å²) in [5.74, 6) is 0. The van der Waals surface area contributed by atoms with Crippen LogP contribution in [-0.2, 0) is 5.41 Å². The van der Waals surface area contributed by atoms with Gasteiger partial charge in [-0.25, -0.2) is 4.98 Å². The average Bonchev–Trinajstić information content (AvgIpc) is 2.62. The third-order valence-corrected chi connectivity index (χ3v) is 3.39. The van der Waals surface area contributed by atoms with Crippen molar-refractivity contribution in [1.29, 1.82) is 0 Å². The van der Waals surface area contributed by atoms with Crippen molar-refractivity contribution in [1.82, 2.24) is 10.3 Å². The Kier molecular flexibility index (Phi) is 4.29. The molecule has 15 heavy (non-hydrogen) atoms. The minimum atomic E-state index is 0.166. The first-order valence-corrected chi connectivity index (χ1v) is 6.52. The van der Waals surface area contributed by atoms with Gasteiger partial charge in [-0.2, -0.15) is 0 Å². The molecule has 0 aliphatic carbocycles. The Labute approximate surface area is 97.1 Å². The highest BCUT2D eigenvalue weighted by molar-refractivity contribution is 7.09. The molecule has 0 saturated carbocycles. The molecule has 1 heterocycles. The maximum atomic E-state index is 4.69. The van der Waals surface area contributed by atoms with E-state index in [1.54, 1.807) is 11.3 Å². The highest BCUT2D eigenvalue weighted by Gasteiger charge is 2.18. The zero-order chi connectivity index (χ0) is 11.5. The van der Waals surface area contributed by atoms with E-state index in [-0.39, 0.29) is 5.41 Å². The van der Waals surface area contributed by atoms with Crippen LogP contribution in [0.2, 0.25) is 0 Å². The van der Waals surface area contributed by atoms with Crippen LogP contribution in [0.15, 0.2) is 5.38 Å². The van der Waals surface area contributed by atoms with E-state index in [0.29, 0.717) is 6.04 Å². The van der Waals surface area contributed by atoms with Gasteiger partial charge in [-0.1, -0.05) is 27.7 Å². The van der Waals surface area contributed by atoms with Crippen molar-refractivity contribution in [3.05, 3.63) is 16.1 Å². The lowest BCUT2D eigenvalue weighted by Gasteiger charge is -2.15. The molecule has 0 amide bonds. The van der Waals surface area contributed by atoms with Crippen LogP contribution in [0.3, 0.4) is 0 Å². The molecule has 0 aliphatic rings. The van der Waals surface area contributed by atoms with Gasteiger partial charge in [0.05, 0.1) is 11.7 Å². The van der Waals surface area contributed by atoms with Crippen LogP contribution < -0.4 is 5.32 Å². The van der Waals surface area contributed by atoms with Crippen LogP contribution in [0.5, 0.6) is 0 Å². The number of aromatic nitrogens is 1. The first-order chi connectivity index (χ1) is 6.95. The van der Waals surface area contributed by atoms with Crippen LogP contribution in [0, 0.1) is 0 Å². The van der Waals surface area contributed by atoms with E-state index in [2.05, 4.69) is 45.3 Å². The number of thiazole rings is 1. The van der Waals surface area contributed by atoms with Gasteiger partial charge in [0.25, 0.3) is 0 Å². The summed E-state index contributed by atoms with van der Waals surface area (Å²) in [4.78, 5) is 4.69. The maximum Gasteiger partial charge on any atom is 0.110 e. The summed E-state index contributed by atoms with van der Waals surface area (Å²) in [5.41, 5.74) is 1.37. The largest absolute Gasteiger partial charge is 0.308 e. The Morgan fingerprint density at radius 1 is 1.47 bits per heavy atom. The Morgan fingerprint density at radius 3 is 2.60 bits per heavy atom. The van der Waals surface area contributed by atoms with Gasteiger partial charge in [0.1, 0.15) is 5.01 Å². The second-order valence-corrected chi connectivity index (χ2v) is 5.89. The number of nitrogens with zero attached hydrogens (tertiary/aromatic N) is 1. The summed E-state index contributed by atoms with van der Waals surface area (Å²) in [6.07, 6.45) is 1.17. The molecule has 0 aromatic carbocycles. The molecule has 1 aromatic rings. The van der Waals surface area contributed by atoms with E-state index in [4.69, 9.17) is 4.98 Å². The Morgan fingerprint density at radius 2 is 2.13 bits per heavy atom. The molecule has 0 radical (unpaired) electrons. The van der Waals surface area contributed by atoms with E-state index >= 15 is 0 Å². The van der Waals surface area contributed by atoms with Crippen LogP contribution in [0.25, 0.3) is 0 Å². The smallest absolute Gasteiger partial charge is 0.110 e. The molecule has 1 atom stereocenters. The lowest BCUT2D eigenvalue weighted by Crippen LogP contribution is -2.19. The predicted molar refractivity (Wildman–Crippen MR) is 67.5 cm³/mol. The molecule has 2 nitrogen and oxygen atoms in total. The molecule has 1 N–H and O–H groups in total. The molecule has 1 rings (SSSR count). The normalized spacial score (nSPS) is 14.2. The minimum Gasteiger partial charge on any atom is -0.308 e. The van der Waals surface area contributed by atoms with Crippen molar-refractivity contribution in [3.63, 3.8) is 0 Å². The SMILES string of the molecule is CCCNC(C)c1nc(C(C)(C)C)cs1. The molecule has 0 saturated heterocycles. The topological polar surface area (TPSA) is 24.9 Å². The number of rotatable bonds is 4. The highest BCUT2D eigenvalue weighted by Crippen LogP contribution is 2.26. The van der Waals surface area contributed by atoms with E-state index in [0.717, 1.165) is 6.54 Å². The average molecular weight is 226 g/mol. The first kappa shape index (κ1) is 12.7. The van der Waals surface area contributed by atoms with Crippen LogP contribution in [0.1, 0.15) is 57.8 Å². The molecule has 3 heteroatoms. The van der Waals surface area contributed by atoms with Gasteiger partial charge in [-0.3, -0.25) is 0 Å². The van der Waals surface area contributed by atoms with Gasteiger partial charge in [0.2, 0.25) is 0 Å². The van der Waals surface area contributed by atoms with Gasteiger partial charge in [-0.05, 0) is 19.9 Å². The monoisotopic (exact) mass is 226 g/mol. The summed E-state index contributed by atoms with van der Waals surface area (Å²) in [5, 5.41) is 6.84. The van der Waals surface area contributed by atoms with Gasteiger partial charge in [0, 0.05) is 10.8 Å². The van der Waals surface area contributed by atoms with Crippen molar-refractivity contribution in [3.8, 4) is 0 Å². The standard InChI is InChI=1S/C12H22N2S/c1-6-7-13-9(2)11-14-10(8-15-11)12(3,4)5/h8-9,13H,6-7H2,1-5H3. The van der Waals surface area contributed by atoms with Crippen molar-refractivity contribution >= 4 is 11.3 Å². The highest BCUT2D eigenvalue weighted by atomic mass is 32.1. The van der Waals surface area contributed by atoms with Crippen LogP contribution in [0.4, 0.5) is 0 Å². The van der Waals surface area contributed by atoms with E-state index in [1.165, 1.54) is 17.1 Å². The van der Waals surface area contributed by atoms with Gasteiger partial charge in [0.15, 0.2) is 0 Å². The summed E-state index contributed by atoms with van der Waals surface area (Å²) < 4.78 is 0. The fourth-order valence-electron chi connectivity index (χ4n) is 1.28. The number of hydrogen-bond donors (Lipinski definition) is 1.